The van der Waals surface area contributed by atoms with E-state index in [4.69, 9.17) is 51.1 Å². The summed E-state index contributed by atoms with van der Waals surface area (Å²) in [5.74, 6) is -3.33. The number of carboxylic acids is 4. The maximum absolute atomic E-state index is 9.00. The second-order valence-electron chi connectivity index (χ2n) is 5.71. The van der Waals surface area contributed by atoms with Crippen LogP contribution in [0.5, 0.6) is 0 Å². The highest BCUT2D eigenvalue weighted by molar-refractivity contribution is 5.63. The first-order valence-electron chi connectivity index (χ1n) is 10.3. The normalized spacial score (nSPS) is 8.38. The number of hydrogen-bond donors (Lipinski definition) is 6. The largest absolute Gasteiger partial charge is 0.481 e. The molecule has 0 aromatic carbocycles. The van der Waals surface area contributed by atoms with Crippen molar-refractivity contribution in [1.82, 2.24) is 9.80 Å². The number of carboxylic acid groups (broad SMARTS) is 4. The summed E-state index contributed by atoms with van der Waals surface area (Å²) in [5, 5.41) is 29.7. The molecule has 0 fully saturated rings. The van der Waals surface area contributed by atoms with Crippen molar-refractivity contribution in [3.8, 4) is 0 Å². The van der Waals surface area contributed by atoms with Gasteiger partial charge >= 0.3 is 0 Å². The van der Waals surface area contributed by atoms with Crippen molar-refractivity contribution in [3.63, 3.8) is 0 Å². The molecular weight excluding hydrogens is 424 g/mol. The Morgan fingerprint density at radius 2 is 0.656 bits per heavy atom. The summed E-state index contributed by atoms with van der Waals surface area (Å²) >= 11 is 0. The summed E-state index contributed by atoms with van der Waals surface area (Å²) in [6.45, 7) is 21.0. The number of carbonyl (C=O) groups is 4. The molecule has 0 rings (SSSR count). The van der Waals surface area contributed by atoms with Crippen LogP contribution in [0, 0.1) is 0 Å². The van der Waals surface area contributed by atoms with Gasteiger partial charge in [-0.3, -0.25) is 19.2 Å². The lowest BCUT2D eigenvalue weighted by Crippen LogP contribution is -2.28. The van der Waals surface area contributed by atoms with E-state index in [9.17, 15) is 0 Å². The minimum Gasteiger partial charge on any atom is -0.481 e. The summed E-state index contributed by atoms with van der Waals surface area (Å²) in [7, 11) is 0. The standard InChI is InChI=1S/2C6H16N2.4C2H4O2/c2*1-3-8(4-2)6-5-7;4*1-2(3)4/h2*3-7H2,1-2H3;4*1H3,(H,3,4). The Bertz CT molecular complexity index is 338. The molecule has 0 saturated carbocycles. The highest BCUT2D eigenvalue weighted by atomic mass is 16.4. The molecule has 0 radical (unpaired) electrons. The molecule has 0 saturated heterocycles. The minimum absolute atomic E-state index is 0.779. The lowest BCUT2D eigenvalue weighted by Gasteiger charge is -2.15. The Morgan fingerprint density at radius 3 is 0.688 bits per heavy atom. The third-order valence-corrected chi connectivity index (χ3v) is 2.68. The molecule has 0 aliphatic carbocycles. The number of aliphatic carboxylic acids is 4. The van der Waals surface area contributed by atoms with Gasteiger partial charge in [-0.2, -0.15) is 0 Å². The summed E-state index contributed by atoms with van der Waals surface area (Å²) in [4.78, 5) is 40.6. The zero-order chi connectivity index (χ0) is 27.1. The first kappa shape index (κ1) is 43.6. The fraction of sp³-hybridized carbons (Fsp3) is 0.800. The average molecular weight is 473 g/mol. The maximum atomic E-state index is 9.00. The smallest absolute Gasteiger partial charge is 0.300 e. The molecule has 0 aromatic rings. The Kier molecular flexibility index (Phi) is 53.4. The fourth-order valence-electron chi connectivity index (χ4n) is 1.44. The molecule has 0 spiro atoms. The molecule has 8 N–H and O–H groups in total. The molecule has 0 atom stereocenters. The summed E-state index contributed by atoms with van der Waals surface area (Å²) in [6, 6.07) is 0. The van der Waals surface area contributed by atoms with E-state index in [1.54, 1.807) is 0 Å². The van der Waals surface area contributed by atoms with Gasteiger partial charge in [0.05, 0.1) is 0 Å². The van der Waals surface area contributed by atoms with E-state index in [1.807, 2.05) is 0 Å². The van der Waals surface area contributed by atoms with Crippen LogP contribution in [-0.4, -0.2) is 106 Å². The fourth-order valence-corrected chi connectivity index (χ4v) is 1.44. The lowest BCUT2D eigenvalue weighted by molar-refractivity contribution is -0.135. The minimum atomic E-state index is -0.833. The van der Waals surface area contributed by atoms with E-state index in [-0.39, 0.29) is 0 Å². The quantitative estimate of drug-likeness (QED) is 0.291. The topological polar surface area (TPSA) is 208 Å². The first-order valence-corrected chi connectivity index (χ1v) is 10.3. The molecule has 0 unspecified atom stereocenters. The molecule has 0 aliphatic rings. The van der Waals surface area contributed by atoms with E-state index in [2.05, 4.69) is 37.5 Å². The van der Waals surface area contributed by atoms with Gasteiger partial charge in [-0.15, -0.1) is 0 Å². The van der Waals surface area contributed by atoms with E-state index in [0.717, 1.165) is 80.1 Å². The van der Waals surface area contributed by atoms with Crippen LogP contribution in [0.3, 0.4) is 0 Å². The molecule has 32 heavy (non-hydrogen) atoms. The predicted octanol–water partition coefficient (Wildman–Crippen LogP) is 0.937. The number of rotatable bonds is 8. The van der Waals surface area contributed by atoms with Crippen molar-refractivity contribution < 1.29 is 39.6 Å². The number of nitrogens with zero attached hydrogens (tertiary/aromatic N) is 2. The molecule has 12 nitrogen and oxygen atoms in total. The van der Waals surface area contributed by atoms with Gasteiger partial charge in [-0.05, 0) is 26.2 Å². The van der Waals surface area contributed by atoms with Crippen molar-refractivity contribution >= 4 is 23.9 Å². The first-order chi connectivity index (χ1) is 14.6. The third kappa shape index (κ3) is 144. The van der Waals surface area contributed by atoms with Gasteiger partial charge in [0.15, 0.2) is 0 Å². The van der Waals surface area contributed by atoms with Crippen molar-refractivity contribution in [1.29, 1.82) is 0 Å². The second kappa shape index (κ2) is 39.2. The van der Waals surface area contributed by atoms with Crippen LogP contribution in [0.4, 0.5) is 0 Å². The van der Waals surface area contributed by atoms with Gasteiger partial charge in [-0.1, -0.05) is 27.7 Å². The van der Waals surface area contributed by atoms with Crippen LogP contribution in [0.25, 0.3) is 0 Å². The van der Waals surface area contributed by atoms with Gasteiger partial charge in [-0.25, -0.2) is 0 Å². The van der Waals surface area contributed by atoms with Crippen LogP contribution in [0.15, 0.2) is 0 Å². The molecule has 196 valence electrons. The summed E-state index contributed by atoms with van der Waals surface area (Å²) < 4.78 is 0. The maximum Gasteiger partial charge on any atom is 0.300 e. The monoisotopic (exact) mass is 472 g/mol. The van der Waals surface area contributed by atoms with Gasteiger partial charge in [0, 0.05) is 53.9 Å². The van der Waals surface area contributed by atoms with Gasteiger partial charge in [0.1, 0.15) is 0 Å². The van der Waals surface area contributed by atoms with E-state index < -0.39 is 23.9 Å². The highest BCUT2D eigenvalue weighted by Gasteiger charge is 1.93. The molecule has 0 bridgehead atoms. The Morgan fingerprint density at radius 1 is 0.531 bits per heavy atom. The number of nitrogens with two attached hydrogens (primary N) is 2. The molecule has 0 aliphatic heterocycles. The molecular formula is C20H48N4O8. The molecule has 12 heteroatoms. The predicted molar refractivity (Wildman–Crippen MR) is 127 cm³/mol. The van der Waals surface area contributed by atoms with Gasteiger partial charge < -0.3 is 41.7 Å². The Hall–Kier alpha value is -2.28. The van der Waals surface area contributed by atoms with E-state index in [1.165, 1.54) is 0 Å². The number of likely N-dealkylation sites (N-methyl/N-ethyl adjacent to an activating group) is 2. The van der Waals surface area contributed by atoms with Crippen molar-refractivity contribution in [3.05, 3.63) is 0 Å². The SMILES string of the molecule is CC(=O)O.CC(=O)O.CC(=O)O.CC(=O)O.CCN(CC)CCN.CCN(CC)CCN. The third-order valence-electron chi connectivity index (χ3n) is 2.68. The highest BCUT2D eigenvalue weighted by Crippen LogP contribution is 1.82. The van der Waals surface area contributed by atoms with Crippen molar-refractivity contribution in [2.45, 2.75) is 55.4 Å². The zero-order valence-electron chi connectivity index (χ0n) is 21.1. The lowest BCUT2D eigenvalue weighted by atomic mass is 10.5. The van der Waals surface area contributed by atoms with Crippen LogP contribution in [0.2, 0.25) is 0 Å². The zero-order valence-corrected chi connectivity index (χ0v) is 21.1. The van der Waals surface area contributed by atoms with Crippen LogP contribution < -0.4 is 11.5 Å². The van der Waals surface area contributed by atoms with Gasteiger partial charge in [0.2, 0.25) is 0 Å². The van der Waals surface area contributed by atoms with E-state index in [0.29, 0.717) is 0 Å². The van der Waals surface area contributed by atoms with E-state index >= 15 is 0 Å². The second-order valence-corrected chi connectivity index (χ2v) is 5.71. The van der Waals surface area contributed by atoms with Crippen LogP contribution >= 0.6 is 0 Å². The van der Waals surface area contributed by atoms with Crippen LogP contribution in [0.1, 0.15) is 55.4 Å². The van der Waals surface area contributed by atoms with Crippen LogP contribution in [-0.2, 0) is 19.2 Å². The molecule has 0 amide bonds. The average Bonchev–Trinajstić information content (AvgIpc) is 2.63. The van der Waals surface area contributed by atoms with Crippen molar-refractivity contribution in [2.24, 2.45) is 11.5 Å². The van der Waals surface area contributed by atoms with Gasteiger partial charge in [0.25, 0.3) is 23.9 Å². The summed E-state index contributed by atoms with van der Waals surface area (Å²) in [5.41, 5.74) is 10.7. The molecule has 0 heterocycles. The molecule has 0 aromatic heterocycles. The Labute approximate surface area is 193 Å². The van der Waals surface area contributed by atoms with Crippen molar-refractivity contribution in [2.75, 3.05) is 52.4 Å². The summed E-state index contributed by atoms with van der Waals surface area (Å²) in [6.07, 6.45) is 0. The number of hydrogen-bond acceptors (Lipinski definition) is 8. The Balaban J connectivity index is -0.0000000658.